The molecule has 8 heteroatoms. The molecule has 3 aromatic rings. The van der Waals surface area contributed by atoms with Crippen LogP contribution < -0.4 is 5.32 Å². The zero-order valence-corrected chi connectivity index (χ0v) is 18.6. The molecular formula is C22H26ClN5O2. The summed E-state index contributed by atoms with van der Waals surface area (Å²) in [4.78, 5) is 31.8. The van der Waals surface area contributed by atoms with E-state index < -0.39 is 0 Å². The third kappa shape index (κ3) is 4.16. The third-order valence-corrected chi connectivity index (χ3v) is 5.25. The van der Waals surface area contributed by atoms with Crippen LogP contribution in [0.4, 0.5) is 5.69 Å². The van der Waals surface area contributed by atoms with E-state index in [1.165, 1.54) is 0 Å². The molecule has 2 amide bonds. The van der Waals surface area contributed by atoms with Crippen molar-refractivity contribution in [3.8, 4) is 0 Å². The number of anilines is 1. The monoisotopic (exact) mass is 427 g/mol. The molecule has 0 saturated heterocycles. The number of amides is 2. The fourth-order valence-corrected chi connectivity index (χ4v) is 3.62. The number of carbonyl (C=O) groups excluding carboxylic acids is 2. The van der Waals surface area contributed by atoms with Gasteiger partial charge in [0.05, 0.1) is 27.7 Å². The number of pyridine rings is 1. The highest BCUT2D eigenvalue weighted by molar-refractivity contribution is 6.34. The summed E-state index contributed by atoms with van der Waals surface area (Å²) in [6, 6.07) is 6.79. The Morgan fingerprint density at radius 1 is 1.17 bits per heavy atom. The summed E-state index contributed by atoms with van der Waals surface area (Å²) >= 11 is 6.35. The third-order valence-electron chi connectivity index (χ3n) is 4.94. The molecule has 0 radical (unpaired) electrons. The van der Waals surface area contributed by atoms with Crippen LogP contribution in [0.25, 0.3) is 11.0 Å². The number of hydrogen-bond acceptors (Lipinski definition) is 4. The molecule has 0 spiro atoms. The second kappa shape index (κ2) is 8.83. The van der Waals surface area contributed by atoms with E-state index in [-0.39, 0.29) is 17.9 Å². The summed E-state index contributed by atoms with van der Waals surface area (Å²) in [5.41, 5.74) is 2.82. The largest absolute Gasteiger partial charge is 0.339 e. The van der Waals surface area contributed by atoms with E-state index in [0.717, 1.165) is 5.69 Å². The lowest BCUT2D eigenvalue weighted by Crippen LogP contribution is -2.30. The summed E-state index contributed by atoms with van der Waals surface area (Å²) < 4.78 is 1.80. The second-order valence-corrected chi connectivity index (χ2v) is 7.76. The van der Waals surface area contributed by atoms with Gasteiger partial charge in [-0.25, -0.2) is 9.67 Å². The van der Waals surface area contributed by atoms with Crippen LogP contribution in [0.2, 0.25) is 5.02 Å². The predicted octanol–water partition coefficient (Wildman–Crippen LogP) is 4.71. The number of hydrogen-bond donors (Lipinski definition) is 1. The molecule has 0 aliphatic carbocycles. The predicted molar refractivity (Wildman–Crippen MR) is 119 cm³/mol. The molecule has 2 aromatic heterocycles. The van der Waals surface area contributed by atoms with Gasteiger partial charge >= 0.3 is 0 Å². The number of aryl methyl sites for hydroxylation is 1. The first-order valence-electron chi connectivity index (χ1n) is 10.0. The highest BCUT2D eigenvalue weighted by Gasteiger charge is 2.19. The molecule has 1 N–H and O–H groups in total. The van der Waals surface area contributed by atoms with Crippen molar-refractivity contribution < 1.29 is 9.59 Å². The van der Waals surface area contributed by atoms with Gasteiger partial charge in [-0.05, 0) is 58.9 Å². The molecule has 0 fully saturated rings. The maximum absolute atomic E-state index is 13.0. The standard InChI is InChI=1S/C22H26ClN5O2/c1-6-27(7-2)22(30)16-9-8-15(11-19(16)23)26-21(29)17-10-14(5)25-20-18(17)12-24-28(20)13(3)4/h8-13H,6-7H2,1-5H3,(H,26,29). The van der Waals surface area contributed by atoms with Crippen molar-refractivity contribution in [3.63, 3.8) is 0 Å². The van der Waals surface area contributed by atoms with Gasteiger partial charge in [-0.2, -0.15) is 5.10 Å². The minimum Gasteiger partial charge on any atom is -0.339 e. The normalized spacial score (nSPS) is 11.2. The van der Waals surface area contributed by atoms with Crippen molar-refractivity contribution in [2.75, 3.05) is 18.4 Å². The minimum absolute atomic E-state index is 0.127. The van der Waals surface area contributed by atoms with Gasteiger partial charge < -0.3 is 10.2 Å². The Balaban J connectivity index is 1.90. The van der Waals surface area contributed by atoms with Crippen LogP contribution in [0.15, 0.2) is 30.5 Å². The number of carbonyl (C=O) groups is 2. The van der Waals surface area contributed by atoms with E-state index in [2.05, 4.69) is 15.4 Å². The molecule has 0 aliphatic rings. The molecule has 7 nitrogen and oxygen atoms in total. The van der Waals surface area contributed by atoms with E-state index >= 15 is 0 Å². The molecule has 0 aliphatic heterocycles. The number of nitrogens with zero attached hydrogens (tertiary/aromatic N) is 4. The summed E-state index contributed by atoms with van der Waals surface area (Å²) in [5.74, 6) is -0.414. The quantitative estimate of drug-likeness (QED) is 0.617. The molecule has 30 heavy (non-hydrogen) atoms. The van der Waals surface area contributed by atoms with Crippen molar-refractivity contribution in [3.05, 3.63) is 52.3 Å². The van der Waals surface area contributed by atoms with Gasteiger partial charge in [-0.15, -0.1) is 0 Å². The molecule has 0 saturated carbocycles. The number of nitrogens with one attached hydrogen (secondary N) is 1. The number of halogens is 1. The molecular weight excluding hydrogens is 402 g/mol. The zero-order valence-electron chi connectivity index (χ0n) is 17.9. The Labute approximate surface area is 181 Å². The van der Waals surface area contributed by atoms with Crippen LogP contribution >= 0.6 is 11.6 Å². The fourth-order valence-electron chi connectivity index (χ4n) is 3.35. The van der Waals surface area contributed by atoms with Gasteiger partial charge in [0, 0.05) is 30.5 Å². The van der Waals surface area contributed by atoms with E-state index in [4.69, 9.17) is 11.6 Å². The van der Waals surface area contributed by atoms with Crippen LogP contribution in [-0.4, -0.2) is 44.6 Å². The lowest BCUT2D eigenvalue weighted by atomic mass is 10.1. The summed E-state index contributed by atoms with van der Waals surface area (Å²) in [6.07, 6.45) is 1.66. The summed E-state index contributed by atoms with van der Waals surface area (Å²) in [6.45, 7) is 10.9. The lowest BCUT2D eigenvalue weighted by Gasteiger charge is -2.19. The summed E-state index contributed by atoms with van der Waals surface area (Å²) in [5, 5.41) is 8.23. The summed E-state index contributed by atoms with van der Waals surface area (Å²) in [7, 11) is 0. The Morgan fingerprint density at radius 3 is 2.47 bits per heavy atom. The minimum atomic E-state index is -0.285. The average Bonchev–Trinajstić information content (AvgIpc) is 3.12. The van der Waals surface area contributed by atoms with E-state index in [9.17, 15) is 9.59 Å². The van der Waals surface area contributed by atoms with Crippen molar-refractivity contribution in [1.82, 2.24) is 19.7 Å². The molecule has 0 atom stereocenters. The van der Waals surface area contributed by atoms with Crippen LogP contribution in [0.1, 0.15) is 60.1 Å². The maximum Gasteiger partial charge on any atom is 0.256 e. The Hall–Kier alpha value is -2.93. The first-order valence-corrected chi connectivity index (χ1v) is 10.4. The molecule has 0 unspecified atom stereocenters. The highest BCUT2D eigenvalue weighted by Crippen LogP contribution is 2.25. The average molecular weight is 428 g/mol. The molecule has 2 heterocycles. The maximum atomic E-state index is 13.0. The van der Waals surface area contributed by atoms with Gasteiger partial charge in [0.15, 0.2) is 5.65 Å². The fraction of sp³-hybridized carbons (Fsp3) is 0.364. The molecule has 1 aromatic carbocycles. The van der Waals surface area contributed by atoms with E-state index in [0.29, 0.717) is 46.0 Å². The number of fused-ring (bicyclic) bond motifs is 1. The number of aromatic nitrogens is 3. The van der Waals surface area contributed by atoms with Crippen LogP contribution in [0.5, 0.6) is 0 Å². The number of rotatable bonds is 6. The van der Waals surface area contributed by atoms with Gasteiger partial charge in [-0.1, -0.05) is 11.6 Å². The Kier molecular flexibility index (Phi) is 6.41. The Bertz CT molecular complexity index is 1100. The van der Waals surface area contributed by atoms with Gasteiger partial charge in [0.2, 0.25) is 0 Å². The lowest BCUT2D eigenvalue weighted by molar-refractivity contribution is 0.0773. The first-order chi connectivity index (χ1) is 14.3. The van der Waals surface area contributed by atoms with Crippen molar-refractivity contribution in [2.45, 2.75) is 40.7 Å². The molecule has 0 bridgehead atoms. The van der Waals surface area contributed by atoms with Gasteiger partial charge in [0.1, 0.15) is 0 Å². The SMILES string of the molecule is CCN(CC)C(=O)c1ccc(NC(=O)c2cc(C)nc3c2cnn3C(C)C)cc1Cl. The Morgan fingerprint density at radius 2 is 1.87 bits per heavy atom. The van der Waals surface area contributed by atoms with Crippen LogP contribution in [-0.2, 0) is 0 Å². The first kappa shape index (κ1) is 21.8. The smallest absolute Gasteiger partial charge is 0.256 e. The van der Waals surface area contributed by atoms with Crippen LogP contribution in [0, 0.1) is 6.92 Å². The topological polar surface area (TPSA) is 80.1 Å². The van der Waals surface area contributed by atoms with Gasteiger partial charge in [0.25, 0.3) is 11.8 Å². The van der Waals surface area contributed by atoms with Crippen LogP contribution in [0.3, 0.4) is 0 Å². The van der Waals surface area contributed by atoms with Gasteiger partial charge in [-0.3, -0.25) is 9.59 Å². The van der Waals surface area contributed by atoms with E-state index in [1.54, 1.807) is 40.0 Å². The van der Waals surface area contributed by atoms with E-state index in [1.807, 2.05) is 34.6 Å². The number of benzene rings is 1. The second-order valence-electron chi connectivity index (χ2n) is 7.36. The van der Waals surface area contributed by atoms with Crippen molar-refractivity contribution >= 4 is 40.1 Å². The molecule has 158 valence electrons. The zero-order chi connectivity index (χ0) is 22.0. The van der Waals surface area contributed by atoms with Crippen molar-refractivity contribution in [2.24, 2.45) is 0 Å². The van der Waals surface area contributed by atoms with Crippen molar-refractivity contribution in [1.29, 1.82) is 0 Å². The highest BCUT2D eigenvalue weighted by atomic mass is 35.5. The molecule has 3 rings (SSSR count).